The Bertz CT molecular complexity index is 275. The van der Waals surface area contributed by atoms with Gasteiger partial charge in [-0.1, -0.05) is 33.6 Å². The molecule has 0 spiro atoms. The zero-order chi connectivity index (χ0) is 10.6. The summed E-state index contributed by atoms with van der Waals surface area (Å²) < 4.78 is 0. The topological polar surface area (TPSA) is 0 Å². The van der Waals surface area contributed by atoms with E-state index in [-0.39, 0.29) is 0 Å². The minimum absolute atomic E-state index is 0.426. The van der Waals surface area contributed by atoms with E-state index in [1.165, 1.54) is 30.6 Å². The highest BCUT2D eigenvalue weighted by Crippen LogP contribution is 2.36. The molecule has 14 heavy (non-hydrogen) atoms. The van der Waals surface area contributed by atoms with Gasteiger partial charge in [-0.15, -0.1) is 11.3 Å². The Morgan fingerprint density at radius 1 is 1.29 bits per heavy atom. The molecule has 1 aromatic rings. The molecule has 0 saturated heterocycles. The lowest BCUT2D eigenvalue weighted by Gasteiger charge is -2.27. The summed E-state index contributed by atoms with van der Waals surface area (Å²) in [5, 5.41) is 0. The third-order valence-electron chi connectivity index (χ3n) is 3.20. The first-order valence-electron chi connectivity index (χ1n) is 5.69. The van der Waals surface area contributed by atoms with Crippen LogP contribution in [0, 0.1) is 6.92 Å². The minimum atomic E-state index is 0.426. The van der Waals surface area contributed by atoms with Crippen molar-refractivity contribution >= 4 is 11.3 Å². The Balaban J connectivity index is 2.78. The summed E-state index contributed by atoms with van der Waals surface area (Å²) in [5.41, 5.74) is 0.426. The van der Waals surface area contributed by atoms with Crippen LogP contribution >= 0.6 is 11.3 Å². The summed E-state index contributed by atoms with van der Waals surface area (Å²) in [6.07, 6.45) is 5.24. The van der Waals surface area contributed by atoms with E-state index in [9.17, 15) is 0 Å². The van der Waals surface area contributed by atoms with Gasteiger partial charge >= 0.3 is 0 Å². The zero-order valence-corrected chi connectivity index (χ0v) is 10.7. The number of hydrogen-bond acceptors (Lipinski definition) is 1. The molecule has 0 nitrogen and oxygen atoms in total. The normalized spacial score (nSPS) is 15.4. The molecule has 1 heteroatoms. The van der Waals surface area contributed by atoms with Crippen LogP contribution in [0.3, 0.4) is 0 Å². The fourth-order valence-corrected chi connectivity index (χ4v) is 2.91. The molecule has 1 atom stereocenters. The van der Waals surface area contributed by atoms with E-state index >= 15 is 0 Å². The lowest BCUT2D eigenvalue weighted by Crippen LogP contribution is -2.18. The molecular formula is C13H22S. The summed E-state index contributed by atoms with van der Waals surface area (Å²) >= 11 is 1.97. The van der Waals surface area contributed by atoms with Gasteiger partial charge in [0.05, 0.1) is 0 Å². The van der Waals surface area contributed by atoms with Crippen LogP contribution in [0.2, 0.25) is 0 Å². The maximum absolute atomic E-state index is 2.41. The first kappa shape index (κ1) is 11.8. The summed E-state index contributed by atoms with van der Waals surface area (Å²) in [6, 6.07) is 4.57. The Morgan fingerprint density at radius 3 is 2.43 bits per heavy atom. The fraction of sp³-hybridized carbons (Fsp3) is 0.692. The minimum Gasteiger partial charge on any atom is -0.145 e. The largest absolute Gasteiger partial charge is 0.145 e. The number of rotatable bonds is 5. The average Bonchev–Trinajstić information content (AvgIpc) is 2.62. The van der Waals surface area contributed by atoms with E-state index in [1.54, 1.807) is 4.88 Å². The van der Waals surface area contributed by atoms with Gasteiger partial charge in [0.1, 0.15) is 0 Å². The molecule has 0 fully saturated rings. The Hall–Kier alpha value is -0.300. The number of unbranched alkanes of at least 4 members (excludes halogenated alkanes) is 1. The van der Waals surface area contributed by atoms with Crippen molar-refractivity contribution in [2.45, 2.75) is 58.8 Å². The predicted octanol–water partition coefficient (Wildman–Crippen LogP) is 4.91. The van der Waals surface area contributed by atoms with Crippen molar-refractivity contribution in [2.24, 2.45) is 0 Å². The summed E-state index contributed by atoms with van der Waals surface area (Å²) in [6.45, 7) is 9.19. The van der Waals surface area contributed by atoms with Crippen LogP contribution in [0.25, 0.3) is 0 Å². The average molecular weight is 210 g/mol. The number of thiophene rings is 1. The van der Waals surface area contributed by atoms with Crippen LogP contribution in [0.5, 0.6) is 0 Å². The Morgan fingerprint density at radius 2 is 2.00 bits per heavy atom. The van der Waals surface area contributed by atoms with E-state index in [0.29, 0.717) is 5.41 Å². The highest BCUT2D eigenvalue weighted by Gasteiger charge is 2.24. The van der Waals surface area contributed by atoms with E-state index < -0.39 is 0 Å². The standard InChI is InChI=1S/C13H22S/c1-5-7-10-13(4,6-2)12-9-8-11(3)14-12/h8-9H,5-7,10H2,1-4H3. The van der Waals surface area contributed by atoms with Gasteiger partial charge in [-0.2, -0.15) is 0 Å². The molecule has 1 aromatic heterocycles. The Labute approximate surface area is 92.4 Å². The van der Waals surface area contributed by atoms with E-state index in [4.69, 9.17) is 0 Å². The molecule has 1 unspecified atom stereocenters. The first-order valence-corrected chi connectivity index (χ1v) is 6.51. The smallest absolute Gasteiger partial charge is 0.0107 e. The Kier molecular flexibility index (Phi) is 4.18. The SMILES string of the molecule is CCCCC(C)(CC)c1ccc(C)s1. The van der Waals surface area contributed by atoms with Gasteiger partial charge < -0.3 is 0 Å². The quantitative estimate of drug-likeness (QED) is 0.647. The van der Waals surface area contributed by atoms with Gasteiger partial charge in [-0.25, -0.2) is 0 Å². The monoisotopic (exact) mass is 210 g/mol. The molecule has 0 bridgehead atoms. The number of hydrogen-bond donors (Lipinski definition) is 0. The molecule has 0 N–H and O–H groups in total. The zero-order valence-electron chi connectivity index (χ0n) is 9.89. The van der Waals surface area contributed by atoms with Crippen molar-refractivity contribution in [2.75, 3.05) is 0 Å². The molecule has 0 aliphatic heterocycles. The molecular weight excluding hydrogens is 188 g/mol. The molecule has 0 saturated carbocycles. The van der Waals surface area contributed by atoms with Gasteiger partial charge in [-0.05, 0) is 31.9 Å². The maximum atomic E-state index is 2.41. The van der Waals surface area contributed by atoms with Gasteiger partial charge in [-0.3, -0.25) is 0 Å². The second-order valence-electron chi connectivity index (χ2n) is 4.43. The van der Waals surface area contributed by atoms with Crippen LogP contribution in [0.15, 0.2) is 12.1 Å². The summed E-state index contributed by atoms with van der Waals surface area (Å²) in [4.78, 5) is 3.02. The lowest BCUT2D eigenvalue weighted by molar-refractivity contribution is 0.411. The van der Waals surface area contributed by atoms with Crippen molar-refractivity contribution in [3.63, 3.8) is 0 Å². The highest BCUT2D eigenvalue weighted by molar-refractivity contribution is 7.12. The second kappa shape index (κ2) is 4.97. The molecule has 1 heterocycles. The fourth-order valence-electron chi connectivity index (χ4n) is 1.80. The van der Waals surface area contributed by atoms with E-state index in [2.05, 4.69) is 39.8 Å². The molecule has 0 aliphatic rings. The van der Waals surface area contributed by atoms with Gasteiger partial charge in [0.25, 0.3) is 0 Å². The third-order valence-corrected chi connectivity index (χ3v) is 4.50. The lowest BCUT2D eigenvalue weighted by atomic mass is 9.81. The van der Waals surface area contributed by atoms with Crippen molar-refractivity contribution in [1.82, 2.24) is 0 Å². The first-order chi connectivity index (χ1) is 6.62. The highest BCUT2D eigenvalue weighted by atomic mass is 32.1. The second-order valence-corrected chi connectivity index (χ2v) is 5.72. The maximum Gasteiger partial charge on any atom is 0.0107 e. The van der Waals surface area contributed by atoms with Crippen molar-refractivity contribution in [1.29, 1.82) is 0 Å². The van der Waals surface area contributed by atoms with E-state index in [0.717, 1.165) is 0 Å². The number of aryl methyl sites for hydroxylation is 1. The molecule has 1 rings (SSSR count). The van der Waals surface area contributed by atoms with Crippen molar-refractivity contribution in [3.05, 3.63) is 21.9 Å². The van der Waals surface area contributed by atoms with Gasteiger partial charge in [0.2, 0.25) is 0 Å². The molecule has 0 aromatic carbocycles. The van der Waals surface area contributed by atoms with Crippen LogP contribution in [0.1, 0.15) is 56.2 Å². The van der Waals surface area contributed by atoms with Gasteiger partial charge in [0, 0.05) is 15.2 Å². The summed E-state index contributed by atoms with van der Waals surface area (Å²) in [5.74, 6) is 0. The van der Waals surface area contributed by atoms with Crippen LogP contribution in [0.4, 0.5) is 0 Å². The van der Waals surface area contributed by atoms with Crippen molar-refractivity contribution < 1.29 is 0 Å². The third kappa shape index (κ3) is 2.60. The molecule has 0 aliphatic carbocycles. The van der Waals surface area contributed by atoms with E-state index in [1.807, 2.05) is 11.3 Å². The van der Waals surface area contributed by atoms with Crippen LogP contribution in [-0.2, 0) is 5.41 Å². The van der Waals surface area contributed by atoms with Gasteiger partial charge in [0.15, 0.2) is 0 Å². The molecule has 0 radical (unpaired) electrons. The predicted molar refractivity (Wildman–Crippen MR) is 66.2 cm³/mol. The molecule has 0 amide bonds. The van der Waals surface area contributed by atoms with Crippen LogP contribution in [-0.4, -0.2) is 0 Å². The van der Waals surface area contributed by atoms with Crippen molar-refractivity contribution in [3.8, 4) is 0 Å². The van der Waals surface area contributed by atoms with Crippen LogP contribution < -0.4 is 0 Å². The summed E-state index contributed by atoms with van der Waals surface area (Å²) in [7, 11) is 0. The molecule has 80 valence electrons.